The second kappa shape index (κ2) is 10.1. The van der Waals surface area contributed by atoms with Crippen molar-refractivity contribution in [3.63, 3.8) is 0 Å². The highest BCUT2D eigenvalue weighted by molar-refractivity contribution is 6.29. The molecule has 0 bridgehead atoms. The summed E-state index contributed by atoms with van der Waals surface area (Å²) in [6.45, 7) is 3.55. The number of nitrogens with zero attached hydrogens (tertiary/aromatic N) is 7. The van der Waals surface area contributed by atoms with Gasteiger partial charge in [-0.1, -0.05) is 23.7 Å². The Morgan fingerprint density at radius 2 is 1.84 bits per heavy atom. The van der Waals surface area contributed by atoms with Crippen LogP contribution in [0.2, 0.25) is 5.15 Å². The van der Waals surface area contributed by atoms with Crippen molar-refractivity contribution < 1.29 is 18.0 Å². The van der Waals surface area contributed by atoms with E-state index in [0.29, 0.717) is 30.4 Å². The molecule has 2 aromatic heterocycles. The first-order valence-electron chi connectivity index (χ1n) is 12.3. The molecule has 1 aromatic carbocycles. The molecule has 2 aliphatic heterocycles. The standard InChI is InChI=1S/C25H29ClF3N7O/c1-32-10-12-34(13-11-32)16-23(37)33(2)24(25(27,28)29)17-5-7-18(8-6-17)35-9-3-4-19-20(35)15-30-22-14-21(26)31-36(19)22/h5-8,14-15,24H,3-4,9-13,16H2,1-2H3/t24-/m0/s1. The van der Waals surface area contributed by atoms with E-state index in [1.54, 1.807) is 28.9 Å². The zero-order valence-electron chi connectivity index (χ0n) is 20.7. The third kappa shape index (κ3) is 5.25. The first-order valence-corrected chi connectivity index (χ1v) is 12.6. The van der Waals surface area contributed by atoms with Gasteiger partial charge in [0.05, 0.1) is 24.1 Å². The van der Waals surface area contributed by atoms with Crippen LogP contribution >= 0.6 is 11.6 Å². The maximum Gasteiger partial charge on any atom is 0.413 e. The van der Waals surface area contributed by atoms with E-state index in [2.05, 4.69) is 15.0 Å². The van der Waals surface area contributed by atoms with Crippen LogP contribution in [-0.4, -0.2) is 94.7 Å². The molecule has 12 heteroatoms. The Kier molecular flexibility index (Phi) is 7.03. The largest absolute Gasteiger partial charge is 0.413 e. The SMILES string of the molecule is CN1CCN(CC(=O)N(C)[C@@H](c2ccc(N3CCCc4c3cnc3cc(Cl)nn43)cc2)C(F)(F)F)CC1. The van der Waals surface area contributed by atoms with Gasteiger partial charge in [0, 0.05) is 51.5 Å². The van der Waals surface area contributed by atoms with Gasteiger partial charge in [-0.05, 0) is 37.6 Å². The average molecular weight is 536 g/mol. The summed E-state index contributed by atoms with van der Waals surface area (Å²) >= 11 is 6.06. The highest BCUT2D eigenvalue weighted by atomic mass is 35.5. The number of carbonyl (C=O) groups excluding carboxylic acids is 1. The number of benzene rings is 1. The Bertz CT molecular complexity index is 1270. The van der Waals surface area contributed by atoms with Gasteiger partial charge in [-0.3, -0.25) is 9.69 Å². The number of hydrogen-bond donors (Lipinski definition) is 0. The molecule has 0 radical (unpaired) electrons. The van der Waals surface area contributed by atoms with Gasteiger partial charge in [0.2, 0.25) is 5.91 Å². The molecule has 4 heterocycles. The predicted molar refractivity (Wildman–Crippen MR) is 135 cm³/mol. The van der Waals surface area contributed by atoms with Crippen LogP contribution in [0.4, 0.5) is 24.5 Å². The third-order valence-corrected chi connectivity index (χ3v) is 7.37. The molecule has 0 aliphatic carbocycles. The lowest BCUT2D eigenvalue weighted by atomic mass is 10.0. The number of halogens is 4. The van der Waals surface area contributed by atoms with Crippen LogP contribution in [0.5, 0.6) is 0 Å². The second-order valence-corrected chi connectivity index (χ2v) is 10.1. The topological polar surface area (TPSA) is 60.2 Å². The summed E-state index contributed by atoms with van der Waals surface area (Å²) in [6.07, 6.45) is -1.23. The average Bonchev–Trinajstić information content (AvgIpc) is 3.25. The Balaban J connectivity index is 1.37. The molecule has 0 N–H and O–H groups in total. The number of aromatic nitrogens is 3. The lowest BCUT2D eigenvalue weighted by Gasteiger charge is -2.35. The third-order valence-electron chi connectivity index (χ3n) is 7.18. The van der Waals surface area contributed by atoms with Gasteiger partial charge in [-0.15, -0.1) is 0 Å². The number of piperazine rings is 1. The molecule has 8 nitrogen and oxygen atoms in total. The van der Waals surface area contributed by atoms with Crippen LogP contribution in [-0.2, 0) is 11.2 Å². The van der Waals surface area contributed by atoms with E-state index in [0.717, 1.165) is 47.9 Å². The van der Waals surface area contributed by atoms with Crippen LogP contribution in [0.15, 0.2) is 36.5 Å². The summed E-state index contributed by atoms with van der Waals surface area (Å²) < 4.78 is 44.3. The van der Waals surface area contributed by atoms with Crippen molar-refractivity contribution in [2.75, 3.05) is 58.3 Å². The van der Waals surface area contributed by atoms with Crippen LogP contribution in [0, 0.1) is 0 Å². The van der Waals surface area contributed by atoms with Crippen molar-refractivity contribution in [1.82, 2.24) is 29.3 Å². The van der Waals surface area contributed by atoms with Crippen LogP contribution < -0.4 is 4.90 Å². The van der Waals surface area contributed by atoms with Gasteiger partial charge >= 0.3 is 6.18 Å². The van der Waals surface area contributed by atoms with Crippen molar-refractivity contribution in [2.45, 2.75) is 25.1 Å². The summed E-state index contributed by atoms with van der Waals surface area (Å²) in [5.41, 5.74) is 3.22. The zero-order chi connectivity index (χ0) is 26.3. The lowest BCUT2D eigenvalue weighted by molar-refractivity contribution is -0.189. The number of carbonyl (C=O) groups is 1. The van der Waals surface area contributed by atoms with Crippen molar-refractivity contribution in [3.8, 4) is 0 Å². The molecule has 1 saturated heterocycles. The smallest absolute Gasteiger partial charge is 0.339 e. The van der Waals surface area contributed by atoms with Gasteiger partial charge < -0.3 is 14.7 Å². The van der Waals surface area contributed by atoms with Gasteiger partial charge in [0.1, 0.15) is 0 Å². The van der Waals surface area contributed by atoms with E-state index in [4.69, 9.17) is 11.6 Å². The Morgan fingerprint density at radius 3 is 2.51 bits per heavy atom. The van der Waals surface area contributed by atoms with E-state index in [1.165, 1.54) is 19.2 Å². The molecule has 198 valence electrons. The molecular formula is C25H29ClF3N7O. The van der Waals surface area contributed by atoms with Gasteiger partial charge in [-0.2, -0.15) is 18.3 Å². The summed E-state index contributed by atoms with van der Waals surface area (Å²) in [6, 6.07) is 5.91. The summed E-state index contributed by atoms with van der Waals surface area (Å²) in [5, 5.41) is 4.68. The van der Waals surface area contributed by atoms with Crippen molar-refractivity contribution in [1.29, 1.82) is 0 Å². The fraction of sp³-hybridized carbons (Fsp3) is 0.480. The molecule has 5 rings (SSSR count). The minimum Gasteiger partial charge on any atom is -0.339 e. The molecule has 1 atom stereocenters. The lowest BCUT2D eigenvalue weighted by Crippen LogP contribution is -2.50. The summed E-state index contributed by atoms with van der Waals surface area (Å²) in [5.74, 6) is -0.547. The molecule has 1 amide bonds. The highest BCUT2D eigenvalue weighted by Crippen LogP contribution is 2.39. The molecule has 0 saturated carbocycles. The summed E-state index contributed by atoms with van der Waals surface area (Å²) in [4.78, 5) is 24.2. The molecule has 37 heavy (non-hydrogen) atoms. The number of likely N-dealkylation sites (N-methyl/N-ethyl adjacent to an activating group) is 2. The molecule has 3 aromatic rings. The number of amides is 1. The number of aryl methyl sites for hydroxylation is 1. The highest BCUT2D eigenvalue weighted by Gasteiger charge is 2.45. The first kappa shape index (κ1) is 25.7. The fourth-order valence-electron chi connectivity index (χ4n) is 5.12. The summed E-state index contributed by atoms with van der Waals surface area (Å²) in [7, 11) is 3.22. The molecular weight excluding hydrogens is 507 g/mol. The Morgan fingerprint density at radius 1 is 1.14 bits per heavy atom. The minimum absolute atomic E-state index is 0.0233. The molecule has 1 fully saturated rings. The maximum absolute atomic E-state index is 14.2. The Hall–Kier alpha value is -2.89. The van der Waals surface area contributed by atoms with E-state index < -0.39 is 18.1 Å². The number of fused-ring (bicyclic) bond motifs is 3. The second-order valence-electron chi connectivity index (χ2n) is 9.70. The van der Waals surface area contributed by atoms with E-state index in [1.807, 2.05) is 16.8 Å². The van der Waals surface area contributed by atoms with E-state index in [9.17, 15) is 18.0 Å². The molecule has 2 aliphatic rings. The van der Waals surface area contributed by atoms with E-state index in [-0.39, 0.29) is 12.1 Å². The predicted octanol–water partition coefficient (Wildman–Crippen LogP) is 3.78. The van der Waals surface area contributed by atoms with Crippen molar-refractivity contribution in [2.24, 2.45) is 0 Å². The number of anilines is 2. The molecule has 0 unspecified atom stereocenters. The normalized spacial score (nSPS) is 18.2. The first-order chi connectivity index (χ1) is 17.6. The van der Waals surface area contributed by atoms with Crippen LogP contribution in [0.1, 0.15) is 23.7 Å². The van der Waals surface area contributed by atoms with Crippen LogP contribution in [0.3, 0.4) is 0 Å². The van der Waals surface area contributed by atoms with Crippen molar-refractivity contribution >= 4 is 34.5 Å². The van der Waals surface area contributed by atoms with Crippen LogP contribution in [0.25, 0.3) is 5.65 Å². The van der Waals surface area contributed by atoms with Gasteiger partial charge in [0.25, 0.3) is 0 Å². The Labute approximate surface area is 218 Å². The van der Waals surface area contributed by atoms with Gasteiger partial charge in [-0.25, -0.2) is 9.50 Å². The van der Waals surface area contributed by atoms with Crippen molar-refractivity contribution in [3.05, 3.63) is 52.9 Å². The fourth-order valence-corrected chi connectivity index (χ4v) is 5.29. The molecule has 0 spiro atoms. The quantitative estimate of drug-likeness (QED) is 0.496. The van der Waals surface area contributed by atoms with Gasteiger partial charge in [0.15, 0.2) is 16.8 Å². The monoisotopic (exact) mass is 535 g/mol. The zero-order valence-corrected chi connectivity index (χ0v) is 21.5. The number of alkyl halides is 3. The van der Waals surface area contributed by atoms with E-state index >= 15 is 0 Å². The number of hydrogen-bond acceptors (Lipinski definition) is 6. The number of rotatable bonds is 5. The minimum atomic E-state index is -4.61. The maximum atomic E-state index is 14.2.